The molecule has 10 heteroatoms. The van der Waals surface area contributed by atoms with E-state index in [0.717, 1.165) is 30.3 Å². The van der Waals surface area contributed by atoms with E-state index >= 15 is 0 Å². The Labute approximate surface area is 214 Å². The van der Waals surface area contributed by atoms with E-state index in [0.29, 0.717) is 30.2 Å². The zero-order valence-electron chi connectivity index (χ0n) is 21.0. The number of carbonyl (C=O) groups excluding carboxylic acids is 2. The van der Waals surface area contributed by atoms with Crippen LogP contribution in [0.25, 0.3) is 0 Å². The molecule has 0 atom stereocenters. The van der Waals surface area contributed by atoms with Gasteiger partial charge in [0.1, 0.15) is 0 Å². The van der Waals surface area contributed by atoms with Crippen molar-refractivity contribution in [2.45, 2.75) is 32.1 Å². The molecule has 1 saturated carbocycles. The van der Waals surface area contributed by atoms with Crippen molar-refractivity contribution < 1.29 is 18.7 Å². The highest BCUT2D eigenvalue weighted by Gasteiger charge is 2.43. The van der Waals surface area contributed by atoms with Crippen molar-refractivity contribution >= 4 is 46.3 Å². The van der Waals surface area contributed by atoms with Crippen LogP contribution in [0.5, 0.6) is 0 Å². The standard InChI is InChI=1S/C27H29FN6O3/c1-27(2)18-14-17(10-11-22(18)34(25(27)36)12-13-37-3)30-26-29-15-19(28)23(33-26)31-20-6-4-5-7-21(20)32-24(35)16-8-9-16/h4-7,10-11,14-16H,8-9,12-13H2,1-3H3,(H,32,35)(H2,29,30,31,33). The van der Waals surface area contributed by atoms with Gasteiger partial charge in [-0.1, -0.05) is 12.1 Å². The van der Waals surface area contributed by atoms with Gasteiger partial charge in [0, 0.05) is 30.9 Å². The minimum atomic E-state index is -0.703. The van der Waals surface area contributed by atoms with Gasteiger partial charge >= 0.3 is 0 Å². The largest absolute Gasteiger partial charge is 0.383 e. The SMILES string of the molecule is COCCN1C(=O)C(C)(C)c2cc(Nc3ncc(F)c(Nc4ccccc4NC(=O)C4CC4)n3)ccc21. The van der Waals surface area contributed by atoms with Crippen LogP contribution in [0.3, 0.4) is 0 Å². The summed E-state index contributed by atoms with van der Waals surface area (Å²) >= 11 is 0. The molecule has 37 heavy (non-hydrogen) atoms. The quantitative estimate of drug-likeness (QED) is 0.387. The molecule has 2 amide bonds. The van der Waals surface area contributed by atoms with Crippen molar-refractivity contribution in [2.24, 2.45) is 5.92 Å². The lowest BCUT2D eigenvalue weighted by Crippen LogP contribution is -2.37. The lowest BCUT2D eigenvalue weighted by atomic mass is 9.86. The molecular formula is C27H29FN6O3. The molecule has 3 aromatic rings. The second-order valence-electron chi connectivity index (χ2n) is 9.76. The minimum absolute atomic E-state index is 0.00802. The third-order valence-electron chi connectivity index (χ3n) is 6.65. The Hall–Kier alpha value is -4.05. The first-order valence-corrected chi connectivity index (χ1v) is 12.2. The second kappa shape index (κ2) is 9.78. The van der Waals surface area contributed by atoms with Crippen molar-refractivity contribution in [1.82, 2.24) is 9.97 Å². The lowest BCUT2D eigenvalue weighted by Gasteiger charge is -2.19. The molecule has 5 rings (SSSR count). The van der Waals surface area contributed by atoms with E-state index in [9.17, 15) is 14.0 Å². The molecule has 3 N–H and O–H groups in total. The first kappa shape index (κ1) is 24.6. The van der Waals surface area contributed by atoms with Gasteiger partial charge in [-0.3, -0.25) is 9.59 Å². The van der Waals surface area contributed by atoms with Crippen LogP contribution < -0.4 is 20.9 Å². The van der Waals surface area contributed by atoms with Gasteiger partial charge in [0.05, 0.1) is 29.6 Å². The van der Waals surface area contributed by atoms with E-state index in [1.165, 1.54) is 0 Å². The van der Waals surface area contributed by atoms with Gasteiger partial charge in [-0.15, -0.1) is 0 Å². The number of carbonyl (C=O) groups is 2. The fourth-order valence-corrected chi connectivity index (χ4v) is 4.37. The maximum Gasteiger partial charge on any atom is 0.237 e. The van der Waals surface area contributed by atoms with Crippen LogP contribution in [0.4, 0.5) is 38.9 Å². The second-order valence-corrected chi connectivity index (χ2v) is 9.76. The van der Waals surface area contributed by atoms with Crippen LogP contribution in [0.15, 0.2) is 48.7 Å². The summed E-state index contributed by atoms with van der Waals surface area (Å²) in [6.07, 6.45) is 2.85. The maximum absolute atomic E-state index is 14.6. The Bertz CT molecular complexity index is 1360. The third-order valence-corrected chi connectivity index (χ3v) is 6.65. The van der Waals surface area contributed by atoms with Crippen LogP contribution in [0.2, 0.25) is 0 Å². The monoisotopic (exact) mass is 504 g/mol. The van der Waals surface area contributed by atoms with Crippen LogP contribution in [0.1, 0.15) is 32.3 Å². The van der Waals surface area contributed by atoms with Crippen molar-refractivity contribution in [3.8, 4) is 0 Å². The third kappa shape index (κ3) is 4.97. The fraction of sp³-hybridized carbons (Fsp3) is 0.333. The van der Waals surface area contributed by atoms with E-state index in [2.05, 4.69) is 25.9 Å². The molecule has 192 valence electrons. The van der Waals surface area contributed by atoms with E-state index in [-0.39, 0.29) is 29.5 Å². The van der Waals surface area contributed by atoms with E-state index < -0.39 is 11.2 Å². The summed E-state index contributed by atoms with van der Waals surface area (Å²) in [5.74, 6) is -0.482. The molecule has 0 radical (unpaired) electrons. The Kier molecular flexibility index (Phi) is 6.51. The number of fused-ring (bicyclic) bond motifs is 1. The highest BCUT2D eigenvalue weighted by Crippen LogP contribution is 2.43. The average Bonchev–Trinajstić information content (AvgIpc) is 3.71. The van der Waals surface area contributed by atoms with Crippen molar-refractivity contribution in [2.75, 3.05) is 41.1 Å². The predicted molar refractivity (Wildman–Crippen MR) is 140 cm³/mol. The summed E-state index contributed by atoms with van der Waals surface area (Å²) in [4.78, 5) is 35.4. The van der Waals surface area contributed by atoms with Crippen LogP contribution in [-0.4, -0.2) is 42.0 Å². The van der Waals surface area contributed by atoms with Crippen LogP contribution in [-0.2, 0) is 19.7 Å². The summed E-state index contributed by atoms with van der Waals surface area (Å²) in [7, 11) is 1.61. The number of nitrogens with zero attached hydrogens (tertiary/aromatic N) is 3. The number of rotatable bonds is 9. The summed E-state index contributed by atoms with van der Waals surface area (Å²) in [6.45, 7) is 4.69. The van der Waals surface area contributed by atoms with Crippen molar-refractivity contribution in [3.63, 3.8) is 0 Å². The molecule has 2 aromatic carbocycles. The van der Waals surface area contributed by atoms with Gasteiger partial charge in [0.2, 0.25) is 17.8 Å². The average molecular weight is 505 g/mol. The molecule has 0 spiro atoms. The number of amides is 2. The van der Waals surface area contributed by atoms with Gasteiger partial charge in [-0.25, -0.2) is 9.37 Å². The van der Waals surface area contributed by atoms with Crippen molar-refractivity contribution in [1.29, 1.82) is 0 Å². The van der Waals surface area contributed by atoms with E-state index in [4.69, 9.17) is 4.74 Å². The first-order valence-electron chi connectivity index (χ1n) is 12.2. The molecule has 0 bridgehead atoms. The van der Waals surface area contributed by atoms with Crippen LogP contribution in [0, 0.1) is 11.7 Å². The molecule has 0 saturated heterocycles. The molecule has 0 unspecified atom stereocenters. The minimum Gasteiger partial charge on any atom is -0.383 e. The van der Waals surface area contributed by atoms with Gasteiger partial charge in [0.25, 0.3) is 0 Å². The molecule has 2 aliphatic rings. The highest BCUT2D eigenvalue weighted by molar-refractivity contribution is 6.08. The number of nitrogens with one attached hydrogen (secondary N) is 3. The topological polar surface area (TPSA) is 108 Å². The van der Waals surface area contributed by atoms with Gasteiger partial charge in [-0.2, -0.15) is 4.98 Å². The van der Waals surface area contributed by atoms with Gasteiger partial charge in [-0.05, 0) is 62.6 Å². The van der Waals surface area contributed by atoms with Gasteiger partial charge in [0.15, 0.2) is 11.6 Å². The zero-order valence-corrected chi connectivity index (χ0v) is 21.0. The van der Waals surface area contributed by atoms with Crippen molar-refractivity contribution in [3.05, 3.63) is 60.0 Å². The maximum atomic E-state index is 14.6. The molecule has 1 aromatic heterocycles. The molecule has 1 aliphatic carbocycles. The summed E-state index contributed by atoms with van der Waals surface area (Å²) in [6, 6.07) is 12.7. The van der Waals surface area contributed by atoms with E-state index in [1.54, 1.807) is 36.3 Å². The number of halogens is 1. The predicted octanol–water partition coefficient (Wildman–Crippen LogP) is 4.72. The molecular weight excluding hydrogens is 475 g/mol. The zero-order chi connectivity index (χ0) is 26.2. The van der Waals surface area contributed by atoms with Crippen LogP contribution >= 0.6 is 0 Å². The highest BCUT2D eigenvalue weighted by atomic mass is 19.1. The smallest absolute Gasteiger partial charge is 0.237 e. The van der Waals surface area contributed by atoms with E-state index in [1.807, 2.05) is 32.0 Å². The molecule has 1 fully saturated rings. The summed E-state index contributed by atoms with van der Waals surface area (Å²) in [5.41, 5.74) is 2.75. The number of methoxy groups -OCH3 is 1. The first-order chi connectivity index (χ1) is 17.8. The van der Waals surface area contributed by atoms with Gasteiger partial charge < -0.3 is 25.6 Å². The lowest BCUT2D eigenvalue weighted by molar-refractivity contribution is -0.122. The fourth-order valence-electron chi connectivity index (χ4n) is 4.37. The molecule has 2 heterocycles. The number of benzene rings is 2. The Morgan fingerprint density at radius 1 is 1.16 bits per heavy atom. The Morgan fingerprint density at radius 2 is 1.92 bits per heavy atom. The molecule has 9 nitrogen and oxygen atoms in total. The number of ether oxygens (including phenoxy) is 1. The number of hydrogen-bond acceptors (Lipinski definition) is 7. The number of aromatic nitrogens is 2. The summed E-state index contributed by atoms with van der Waals surface area (Å²) in [5, 5.41) is 8.98. The molecule has 1 aliphatic heterocycles. The number of hydrogen-bond donors (Lipinski definition) is 3. The summed E-state index contributed by atoms with van der Waals surface area (Å²) < 4.78 is 19.8. The Balaban J connectivity index is 1.37. The number of para-hydroxylation sites is 2. The number of anilines is 6. The Morgan fingerprint density at radius 3 is 2.65 bits per heavy atom. The normalized spacial score (nSPS) is 15.9.